The Bertz CT molecular complexity index is 781. The Balaban J connectivity index is 1.72. The minimum Gasteiger partial charge on any atom is -0.459 e. The van der Waals surface area contributed by atoms with Crippen molar-refractivity contribution >= 4 is 40.5 Å². The molecule has 1 aromatic carbocycles. The zero-order valence-corrected chi connectivity index (χ0v) is 15.6. The van der Waals surface area contributed by atoms with E-state index in [1.165, 1.54) is 17.8 Å². The Kier molecular flexibility index (Phi) is 5.76. The van der Waals surface area contributed by atoms with Gasteiger partial charge < -0.3 is 10.1 Å². The Hall–Kier alpha value is -1.85. The summed E-state index contributed by atoms with van der Waals surface area (Å²) in [4.78, 5) is 25.4. The van der Waals surface area contributed by atoms with Gasteiger partial charge in [-0.15, -0.1) is 11.3 Å². The van der Waals surface area contributed by atoms with E-state index in [9.17, 15) is 9.59 Å². The van der Waals surface area contributed by atoms with E-state index in [1.54, 1.807) is 18.2 Å². The highest BCUT2D eigenvalue weighted by Crippen LogP contribution is 2.26. The highest BCUT2D eigenvalue weighted by Gasteiger charge is 2.21. The lowest BCUT2D eigenvalue weighted by molar-refractivity contribution is 0.0211. The van der Waals surface area contributed by atoms with Crippen LogP contribution >= 0.6 is 22.9 Å². The van der Waals surface area contributed by atoms with Crippen LogP contribution in [0.25, 0.3) is 0 Å². The van der Waals surface area contributed by atoms with Gasteiger partial charge in [-0.3, -0.25) is 4.79 Å². The number of esters is 1. The van der Waals surface area contributed by atoms with Crippen LogP contribution in [0.15, 0.2) is 29.6 Å². The third kappa shape index (κ3) is 4.41. The number of aryl methyl sites for hydroxylation is 1. The number of benzene rings is 1. The molecule has 0 aliphatic heterocycles. The van der Waals surface area contributed by atoms with Crippen molar-refractivity contribution in [2.24, 2.45) is 0 Å². The van der Waals surface area contributed by atoms with E-state index in [0.29, 0.717) is 15.6 Å². The summed E-state index contributed by atoms with van der Waals surface area (Å²) in [7, 11) is 0. The highest BCUT2D eigenvalue weighted by molar-refractivity contribution is 7.12. The molecule has 1 saturated carbocycles. The fraction of sp³-hybridized carbons (Fsp3) is 0.368. The van der Waals surface area contributed by atoms with Gasteiger partial charge in [-0.2, -0.15) is 0 Å². The Morgan fingerprint density at radius 2 is 1.96 bits per heavy atom. The first-order valence-electron chi connectivity index (χ1n) is 8.40. The van der Waals surface area contributed by atoms with Crippen LogP contribution in [-0.4, -0.2) is 18.0 Å². The lowest BCUT2D eigenvalue weighted by Crippen LogP contribution is -2.21. The second-order valence-corrected chi connectivity index (χ2v) is 7.57. The molecule has 0 saturated heterocycles. The monoisotopic (exact) mass is 377 g/mol. The number of ether oxygens (including phenoxy) is 1. The van der Waals surface area contributed by atoms with E-state index >= 15 is 0 Å². The maximum atomic E-state index is 12.4. The van der Waals surface area contributed by atoms with Crippen molar-refractivity contribution in [3.8, 4) is 0 Å². The fourth-order valence-electron chi connectivity index (χ4n) is 2.95. The smallest absolute Gasteiger partial charge is 0.340 e. The SMILES string of the molecule is Cc1ccsc1C(=O)Nc1ccc(Cl)c(C(=O)OC2CCCCC2)c1. The van der Waals surface area contributed by atoms with E-state index in [-0.39, 0.29) is 17.6 Å². The van der Waals surface area contributed by atoms with Crippen LogP contribution in [0.4, 0.5) is 5.69 Å². The standard InChI is InChI=1S/C19H20ClNO3S/c1-12-9-10-25-17(12)18(22)21-13-7-8-16(20)15(11-13)19(23)24-14-5-3-2-4-6-14/h7-11,14H,2-6H2,1H3,(H,21,22). The van der Waals surface area contributed by atoms with E-state index < -0.39 is 5.97 Å². The van der Waals surface area contributed by atoms with E-state index in [0.717, 1.165) is 31.2 Å². The number of hydrogen-bond donors (Lipinski definition) is 1. The van der Waals surface area contributed by atoms with Crippen molar-refractivity contribution in [1.82, 2.24) is 0 Å². The van der Waals surface area contributed by atoms with Crippen LogP contribution in [0.2, 0.25) is 5.02 Å². The topological polar surface area (TPSA) is 55.4 Å². The quantitative estimate of drug-likeness (QED) is 0.720. The van der Waals surface area contributed by atoms with Crippen LogP contribution < -0.4 is 5.32 Å². The van der Waals surface area contributed by atoms with Gasteiger partial charge in [-0.25, -0.2) is 4.79 Å². The largest absolute Gasteiger partial charge is 0.459 e. The molecule has 1 aliphatic rings. The van der Waals surface area contributed by atoms with E-state index in [1.807, 2.05) is 18.4 Å². The summed E-state index contributed by atoms with van der Waals surface area (Å²) < 4.78 is 5.58. The average Bonchev–Trinajstić information content (AvgIpc) is 3.03. The minimum atomic E-state index is -0.430. The number of rotatable bonds is 4. The van der Waals surface area contributed by atoms with Crippen molar-refractivity contribution in [3.05, 3.63) is 50.7 Å². The molecule has 2 aromatic rings. The molecule has 1 aliphatic carbocycles. The Morgan fingerprint density at radius 3 is 2.64 bits per heavy atom. The molecule has 3 rings (SSSR count). The van der Waals surface area contributed by atoms with Crippen molar-refractivity contribution < 1.29 is 14.3 Å². The van der Waals surface area contributed by atoms with Crippen molar-refractivity contribution in [3.63, 3.8) is 0 Å². The first kappa shape index (κ1) is 18.0. The minimum absolute atomic E-state index is 0.0377. The summed E-state index contributed by atoms with van der Waals surface area (Å²) in [6, 6.07) is 6.76. The normalized spacial score (nSPS) is 15.0. The zero-order chi connectivity index (χ0) is 17.8. The predicted octanol–water partition coefficient (Wildman–Crippen LogP) is 5.45. The molecule has 6 heteroatoms. The second-order valence-electron chi connectivity index (χ2n) is 6.25. The van der Waals surface area contributed by atoms with Gasteiger partial charge >= 0.3 is 5.97 Å². The maximum absolute atomic E-state index is 12.4. The summed E-state index contributed by atoms with van der Waals surface area (Å²) in [6.07, 6.45) is 5.13. The molecule has 1 heterocycles. The third-order valence-electron chi connectivity index (χ3n) is 4.34. The molecule has 1 aromatic heterocycles. The molecule has 0 spiro atoms. The first-order valence-corrected chi connectivity index (χ1v) is 9.66. The molecule has 0 radical (unpaired) electrons. The average molecular weight is 378 g/mol. The molecule has 25 heavy (non-hydrogen) atoms. The zero-order valence-electron chi connectivity index (χ0n) is 14.0. The molecule has 4 nitrogen and oxygen atoms in total. The molecule has 0 atom stereocenters. The van der Waals surface area contributed by atoms with Crippen LogP contribution in [-0.2, 0) is 4.74 Å². The van der Waals surface area contributed by atoms with Crippen LogP contribution in [0.3, 0.4) is 0 Å². The van der Waals surface area contributed by atoms with Gasteiger partial charge in [0.1, 0.15) is 6.10 Å². The van der Waals surface area contributed by atoms with E-state index in [4.69, 9.17) is 16.3 Å². The molecule has 1 amide bonds. The highest BCUT2D eigenvalue weighted by atomic mass is 35.5. The van der Waals surface area contributed by atoms with E-state index in [2.05, 4.69) is 5.32 Å². The van der Waals surface area contributed by atoms with Crippen LogP contribution in [0, 0.1) is 6.92 Å². The van der Waals surface area contributed by atoms with Crippen LogP contribution in [0.5, 0.6) is 0 Å². The summed E-state index contributed by atoms with van der Waals surface area (Å²) in [6.45, 7) is 1.89. The van der Waals surface area contributed by atoms with Gasteiger partial charge in [0.25, 0.3) is 5.91 Å². The number of anilines is 1. The Morgan fingerprint density at radius 1 is 1.20 bits per heavy atom. The number of carbonyl (C=O) groups excluding carboxylic acids is 2. The number of carbonyl (C=O) groups is 2. The van der Waals surface area contributed by atoms with Crippen molar-refractivity contribution in [2.45, 2.75) is 45.1 Å². The summed E-state index contributed by atoms with van der Waals surface area (Å²) in [5.41, 5.74) is 1.74. The summed E-state index contributed by atoms with van der Waals surface area (Å²) in [5.74, 6) is -0.623. The van der Waals surface area contributed by atoms with Gasteiger partial charge in [-0.05, 0) is 67.8 Å². The number of hydrogen-bond acceptors (Lipinski definition) is 4. The van der Waals surface area contributed by atoms with Gasteiger partial charge in [0, 0.05) is 5.69 Å². The number of amides is 1. The van der Waals surface area contributed by atoms with Crippen molar-refractivity contribution in [1.29, 1.82) is 0 Å². The van der Waals surface area contributed by atoms with Crippen LogP contribution in [0.1, 0.15) is 57.7 Å². The third-order valence-corrected chi connectivity index (χ3v) is 5.68. The number of halogens is 1. The summed E-state index contributed by atoms with van der Waals surface area (Å²) >= 11 is 7.54. The van der Waals surface area contributed by atoms with Gasteiger partial charge in [-0.1, -0.05) is 18.0 Å². The number of nitrogens with one attached hydrogen (secondary N) is 1. The maximum Gasteiger partial charge on any atom is 0.340 e. The molecule has 1 fully saturated rings. The fourth-order valence-corrected chi connectivity index (χ4v) is 3.97. The molecular weight excluding hydrogens is 358 g/mol. The van der Waals surface area contributed by atoms with Gasteiger partial charge in [0.2, 0.25) is 0 Å². The predicted molar refractivity (Wildman–Crippen MR) is 101 cm³/mol. The van der Waals surface area contributed by atoms with Gasteiger partial charge in [0.05, 0.1) is 15.5 Å². The molecule has 1 N–H and O–H groups in total. The molecule has 132 valence electrons. The lowest BCUT2D eigenvalue weighted by Gasteiger charge is -2.22. The second kappa shape index (κ2) is 8.02. The molecule has 0 unspecified atom stereocenters. The first-order chi connectivity index (χ1) is 12.0. The van der Waals surface area contributed by atoms with Crippen molar-refractivity contribution in [2.75, 3.05) is 5.32 Å². The summed E-state index contributed by atoms with van der Waals surface area (Å²) in [5, 5.41) is 5.02. The number of thiophene rings is 1. The lowest BCUT2D eigenvalue weighted by atomic mass is 9.98. The van der Waals surface area contributed by atoms with Gasteiger partial charge in [0.15, 0.2) is 0 Å². The molecule has 0 bridgehead atoms. The Labute approximate surface area is 156 Å². The molecular formula is C19H20ClNO3S.